The van der Waals surface area contributed by atoms with Gasteiger partial charge < -0.3 is 14.6 Å². The van der Waals surface area contributed by atoms with Gasteiger partial charge in [0.25, 0.3) is 0 Å². The normalized spacial score (nSPS) is 21.8. The molecule has 1 amide bonds. The van der Waals surface area contributed by atoms with E-state index >= 15 is 0 Å². The molecule has 0 spiro atoms. The van der Waals surface area contributed by atoms with Crippen LogP contribution in [-0.2, 0) is 17.7 Å². The maximum absolute atomic E-state index is 12.6. The van der Waals surface area contributed by atoms with Gasteiger partial charge >= 0.3 is 6.09 Å². The van der Waals surface area contributed by atoms with Gasteiger partial charge in [-0.05, 0) is 64.3 Å². The fourth-order valence-electron chi connectivity index (χ4n) is 5.58. The molecule has 1 fully saturated rings. The molecule has 5 rings (SSSR count). The number of carbonyl (C=O) groups excluding carboxylic acids is 1. The summed E-state index contributed by atoms with van der Waals surface area (Å²) < 4.78 is 9.47. The Morgan fingerprint density at radius 2 is 2.15 bits per heavy atom. The number of methoxy groups -OCH3 is 1. The second-order valence-electron chi connectivity index (χ2n) is 9.62. The molecule has 2 aromatic heterocycles. The number of nitrogens with zero attached hydrogens (tertiary/aromatic N) is 5. The van der Waals surface area contributed by atoms with Crippen molar-refractivity contribution in [1.82, 2.24) is 24.6 Å². The molecule has 1 N–H and O–H groups in total. The molecule has 0 aliphatic carbocycles. The quantitative estimate of drug-likeness (QED) is 0.569. The highest BCUT2D eigenvalue weighted by molar-refractivity contribution is 6.30. The van der Waals surface area contributed by atoms with Crippen molar-refractivity contribution < 1.29 is 9.53 Å². The number of imidazole rings is 1. The number of aromatic nitrogens is 4. The Labute approximate surface area is 205 Å². The third-order valence-electron chi connectivity index (χ3n) is 7.27. The van der Waals surface area contributed by atoms with Crippen LogP contribution in [0.2, 0.25) is 5.02 Å². The molecule has 0 bridgehead atoms. The van der Waals surface area contributed by atoms with Crippen molar-refractivity contribution in [2.75, 3.05) is 25.1 Å². The molecule has 9 heteroatoms. The summed E-state index contributed by atoms with van der Waals surface area (Å²) in [6, 6.07) is 4.71. The predicted molar refractivity (Wildman–Crippen MR) is 134 cm³/mol. The lowest BCUT2D eigenvalue weighted by atomic mass is 9.95. The Balaban J connectivity index is 1.63. The van der Waals surface area contributed by atoms with Crippen LogP contribution < -0.4 is 10.2 Å². The fourth-order valence-corrected chi connectivity index (χ4v) is 5.74. The minimum absolute atomic E-state index is 0.0929. The summed E-state index contributed by atoms with van der Waals surface area (Å²) in [6.45, 7) is 7.04. The topological polar surface area (TPSA) is 77.2 Å². The number of hydrogen-bond donors (Lipinski definition) is 1. The standard InChI is InChI=1S/C25H33ClN6O2/c1-16(14-30-15-18(26)13-28-30)24-29-23-20-7-6-17(2)31(25(33)34-3)21(20)8-9-22(23)32(24)19-5-4-11-27-12-10-19/h8-9,13,15-17,19,27H,4-7,10-12,14H2,1-3H3/t16-,17-,19+/m0/s1. The molecule has 2 aliphatic heterocycles. The zero-order chi connectivity index (χ0) is 23.8. The molecular weight excluding hydrogens is 452 g/mol. The SMILES string of the molecule is COC(=O)N1c2ccc3c(nc([C@@H](C)Cn4cc(Cl)cn4)n3[C@@H]3CCCNCC3)c2CC[C@@H]1C. The van der Waals surface area contributed by atoms with Crippen LogP contribution in [-0.4, -0.2) is 51.7 Å². The van der Waals surface area contributed by atoms with E-state index in [-0.39, 0.29) is 18.1 Å². The third kappa shape index (κ3) is 4.18. The number of anilines is 1. The van der Waals surface area contributed by atoms with Crippen LogP contribution in [0.4, 0.5) is 10.5 Å². The zero-order valence-corrected chi connectivity index (χ0v) is 20.9. The van der Waals surface area contributed by atoms with E-state index in [2.05, 4.69) is 41.0 Å². The van der Waals surface area contributed by atoms with Gasteiger partial charge in [-0.15, -0.1) is 0 Å². The molecule has 1 saturated heterocycles. The first-order chi connectivity index (χ1) is 16.5. The van der Waals surface area contributed by atoms with E-state index in [4.69, 9.17) is 21.3 Å². The van der Waals surface area contributed by atoms with Gasteiger partial charge in [-0.1, -0.05) is 18.5 Å². The predicted octanol–water partition coefficient (Wildman–Crippen LogP) is 4.91. The van der Waals surface area contributed by atoms with Gasteiger partial charge in [0.2, 0.25) is 0 Å². The number of nitrogens with one attached hydrogen (secondary N) is 1. The molecule has 0 unspecified atom stereocenters. The monoisotopic (exact) mass is 484 g/mol. The summed E-state index contributed by atoms with van der Waals surface area (Å²) in [6.07, 6.45) is 8.34. The highest BCUT2D eigenvalue weighted by Gasteiger charge is 2.33. The Kier molecular flexibility index (Phi) is 6.53. The Bertz CT molecular complexity index is 1180. The largest absolute Gasteiger partial charge is 0.452 e. The Morgan fingerprint density at radius 1 is 1.29 bits per heavy atom. The molecule has 2 aliphatic rings. The fraction of sp³-hybridized carbons (Fsp3) is 0.560. The first-order valence-corrected chi connectivity index (χ1v) is 12.6. The smallest absolute Gasteiger partial charge is 0.414 e. The molecule has 34 heavy (non-hydrogen) atoms. The van der Waals surface area contributed by atoms with Gasteiger partial charge in [-0.25, -0.2) is 9.78 Å². The first kappa shape index (κ1) is 23.2. The summed E-state index contributed by atoms with van der Waals surface area (Å²) in [5.74, 6) is 1.22. The van der Waals surface area contributed by atoms with Crippen molar-refractivity contribution in [3.63, 3.8) is 0 Å². The summed E-state index contributed by atoms with van der Waals surface area (Å²) in [5, 5.41) is 8.57. The van der Waals surface area contributed by atoms with E-state index in [1.54, 1.807) is 11.1 Å². The van der Waals surface area contributed by atoms with Crippen LogP contribution in [0.25, 0.3) is 11.0 Å². The second-order valence-corrected chi connectivity index (χ2v) is 10.1. The number of aryl methyl sites for hydroxylation is 1. The number of hydrogen-bond acceptors (Lipinski definition) is 5. The molecule has 3 atom stereocenters. The van der Waals surface area contributed by atoms with E-state index in [0.717, 1.165) is 73.3 Å². The third-order valence-corrected chi connectivity index (χ3v) is 7.46. The number of rotatable bonds is 4. The summed E-state index contributed by atoms with van der Waals surface area (Å²) >= 11 is 6.11. The molecule has 0 radical (unpaired) electrons. The van der Waals surface area contributed by atoms with Crippen LogP contribution in [0.15, 0.2) is 24.5 Å². The lowest BCUT2D eigenvalue weighted by Gasteiger charge is -2.34. The summed E-state index contributed by atoms with van der Waals surface area (Å²) in [7, 11) is 1.44. The van der Waals surface area contributed by atoms with E-state index in [0.29, 0.717) is 17.6 Å². The molecule has 1 aromatic carbocycles. The number of carbonyl (C=O) groups is 1. The van der Waals surface area contributed by atoms with E-state index in [1.165, 1.54) is 7.11 Å². The van der Waals surface area contributed by atoms with E-state index in [1.807, 2.05) is 10.9 Å². The van der Waals surface area contributed by atoms with Gasteiger partial charge in [0.15, 0.2) is 0 Å². The minimum atomic E-state index is -0.314. The number of ether oxygens (including phenoxy) is 1. The van der Waals surface area contributed by atoms with E-state index < -0.39 is 0 Å². The van der Waals surface area contributed by atoms with Crippen molar-refractivity contribution in [3.05, 3.63) is 40.9 Å². The van der Waals surface area contributed by atoms with Crippen LogP contribution >= 0.6 is 11.6 Å². The molecule has 3 aromatic rings. The first-order valence-electron chi connectivity index (χ1n) is 12.3. The van der Waals surface area contributed by atoms with Gasteiger partial charge in [0.05, 0.1) is 41.6 Å². The number of fused-ring (bicyclic) bond motifs is 3. The van der Waals surface area contributed by atoms with E-state index in [9.17, 15) is 4.79 Å². The lowest BCUT2D eigenvalue weighted by Crippen LogP contribution is -2.42. The van der Waals surface area contributed by atoms with Crippen molar-refractivity contribution in [2.24, 2.45) is 0 Å². The Hall–Kier alpha value is -2.58. The van der Waals surface area contributed by atoms with Crippen molar-refractivity contribution in [1.29, 1.82) is 0 Å². The van der Waals surface area contributed by atoms with Crippen LogP contribution in [0.3, 0.4) is 0 Å². The van der Waals surface area contributed by atoms with Crippen molar-refractivity contribution in [2.45, 2.75) is 70.5 Å². The van der Waals surface area contributed by atoms with Crippen molar-refractivity contribution in [3.8, 4) is 0 Å². The molecule has 0 saturated carbocycles. The van der Waals surface area contributed by atoms with Gasteiger partial charge in [-0.3, -0.25) is 9.58 Å². The molecule has 182 valence electrons. The highest BCUT2D eigenvalue weighted by atomic mass is 35.5. The van der Waals surface area contributed by atoms with Gasteiger partial charge in [0.1, 0.15) is 5.82 Å². The Morgan fingerprint density at radius 3 is 2.91 bits per heavy atom. The summed E-state index contributed by atoms with van der Waals surface area (Å²) in [4.78, 5) is 19.6. The molecular formula is C25H33ClN6O2. The van der Waals surface area contributed by atoms with Crippen LogP contribution in [0, 0.1) is 0 Å². The van der Waals surface area contributed by atoms with Crippen molar-refractivity contribution >= 4 is 34.4 Å². The number of amides is 1. The maximum Gasteiger partial charge on any atom is 0.414 e. The average molecular weight is 485 g/mol. The minimum Gasteiger partial charge on any atom is -0.452 e. The number of benzene rings is 1. The zero-order valence-electron chi connectivity index (χ0n) is 20.1. The van der Waals surface area contributed by atoms with Crippen LogP contribution in [0.5, 0.6) is 0 Å². The molecule has 4 heterocycles. The van der Waals surface area contributed by atoms with Gasteiger partial charge in [0, 0.05) is 29.8 Å². The second kappa shape index (κ2) is 9.58. The maximum atomic E-state index is 12.6. The summed E-state index contributed by atoms with van der Waals surface area (Å²) in [5.41, 5.74) is 4.23. The number of halogens is 1. The highest BCUT2D eigenvalue weighted by Crippen LogP contribution is 2.39. The lowest BCUT2D eigenvalue weighted by molar-refractivity contribution is 0.175. The van der Waals surface area contributed by atoms with Crippen LogP contribution in [0.1, 0.15) is 62.9 Å². The van der Waals surface area contributed by atoms with Gasteiger partial charge in [-0.2, -0.15) is 5.10 Å². The average Bonchev–Trinajstić information content (AvgIpc) is 3.31. The molecule has 8 nitrogen and oxygen atoms in total.